The Labute approximate surface area is 224 Å². The molecule has 0 aromatic heterocycles. The Hall–Kier alpha value is -4.96. The first kappa shape index (κ1) is 20.9. The third-order valence-corrected chi connectivity index (χ3v) is 9.19. The molecule has 2 aliphatic carbocycles. The van der Waals surface area contributed by atoms with Crippen molar-refractivity contribution >= 4 is 53.9 Å². The van der Waals surface area contributed by atoms with Gasteiger partial charge in [0.25, 0.3) is 0 Å². The highest BCUT2D eigenvalue weighted by Gasteiger charge is 2.36. The van der Waals surface area contributed by atoms with Crippen LogP contribution < -0.4 is 0 Å². The third kappa shape index (κ3) is 2.07. The van der Waals surface area contributed by atoms with E-state index in [0.717, 1.165) is 37.7 Å². The quantitative estimate of drug-likeness (QED) is 0.0611. The molecule has 0 N–H and O–H groups in total. The zero-order valence-corrected chi connectivity index (χ0v) is 20.6. The Bertz CT molecular complexity index is 2490. The fraction of sp³-hybridized carbons (Fsp3) is 0. The van der Waals surface area contributed by atoms with Crippen LogP contribution in [0.1, 0.15) is 0 Å². The van der Waals surface area contributed by atoms with Crippen molar-refractivity contribution in [1.29, 1.82) is 0 Å². The fourth-order valence-corrected chi connectivity index (χ4v) is 7.73. The lowest BCUT2D eigenvalue weighted by Crippen LogP contribution is -2.00. The van der Waals surface area contributed by atoms with Crippen molar-refractivity contribution in [2.24, 2.45) is 0 Å². The minimum Gasteiger partial charge on any atom is -0.203 e. The van der Waals surface area contributed by atoms with Crippen LogP contribution >= 0.6 is 0 Å². The van der Waals surface area contributed by atoms with Crippen LogP contribution in [0.3, 0.4) is 0 Å². The molecular formula is C36H14F4. The molecule has 0 amide bonds. The van der Waals surface area contributed by atoms with Gasteiger partial charge in [0, 0.05) is 16.7 Å². The first-order valence-corrected chi connectivity index (χ1v) is 13.1. The van der Waals surface area contributed by atoms with Crippen LogP contribution in [0.25, 0.3) is 98.4 Å². The highest BCUT2D eigenvalue weighted by molar-refractivity contribution is 6.45. The van der Waals surface area contributed by atoms with Gasteiger partial charge in [-0.25, -0.2) is 17.6 Å². The fourth-order valence-electron chi connectivity index (χ4n) is 7.73. The maximum Gasteiger partial charge on any atom is 0.198 e. The predicted molar refractivity (Wildman–Crippen MR) is 154 cm³/mol. The van der Waals surface area contributed by atoms with Gasteiger partial charge < -0.3 is 0 Å². The highest BCUT2D eigenvalue weighted by atomic mass is 19.2. The van der Waals surface area contributed by atoms with Gasteiger partial charge in [-0.05, 0) is 81.7 Å². The van der Waals surface area contributed by atoms with Crippen LogP contribution in [0, 0.1) is 23.3 Å². The number of fused-ring (bicyclic) bond motifs is 11. The molecule has 8 aromatic carbocycles. The topological polar surface area (TPSA) is 0 Å². The van der Waals surface area contributed by atoms with Crippen LogP contribution in [-0.2, 0) is 0 Å². The standard InChI is InChI=1S/C36H14F4/c37-33-31-24-14-12-22-21-10-9-19-15-5-1-2-6-16(15)20-11-13-23(26(21)25(19)20)27-17-7-3-4-8-18(17)29(30(24)28(22)27)32(31)34(38)36(40)35(33)39/h1-14H. The number of halogens is 4. The number of hydrogen-bond donors (Lipinski definition) is 0. The smallest absolute Gasteiger partial charge is 0.198 e. The molecule has 10 rings (SSSR count). The summed E-state index contributed by atoms with van der Waals surface area (Å²) in [7, 11) is 0. The zero-order valence-electron chi connectivity index (χ0n) is 20.6. The minimum absolute atomic E-state index is 0.207. The van der Waals surface area contributed by atoms with E-state index in [1.807, 2.05) is 30.3 Å². The molecule has 0 saturated carbocycles. The predicted octanol–water partition coefficient (Wildman–Crippen LogP) is 10.7. The maximum absolute atomic E-state index is 15.5. The van der Waals surface area contributed by atoms with E-state index in [9.17, 15) is 8.78 Å². The van der Waals surface area contributed by atoms with Gasteiger partial charge in [0.1, 0.15) is 0 Å². The van der Waals surface area contributed by atoms with E-state index >= 15 is 8.78 Å². The van der Waals surface area contributed by atoms with Crippen molar-refractivity contribution in [3.8, 4) is 44.5 Å². The lowest BCUT2D eigenvalue weighted by Gasteiger charge is -2.19. The van der Waals surface area contributed by atoms with Crippen molar-refractivity contribution in [2.75, 3.05) is 0 Å². The zero-order chi connectivity index (χ0) is 26.6. The SMILES string of the molecule is Fc1c(F)c(F)c2c(c1F)-c1ccc3c4ccc5c6c(ccc(c64)c4c6ccccc6c-2c1c34)-c1ccccc1-5. The summed E-state index contributed by atoms with van der Waals surface area (Å²) < 4.78 is 60.1. The molecule has 0 aliphatic heterocycles. The molecule has 0 spiro atoms. The van der Waals surface area contributed by atoms with Crippen LogP contribution in [0.5, 0.6) is 0 Å². The molecule has 0 nitrogen and oxygen atoms in total. The highest BCUT2D eigenvalue weighted by Crippen LogP contribution is 2.59. The van der Waals surface area contributed by atoms with Gasteiger partial charge in [0.2, 0.25) is 0 Å². The van der Waals surface area contributed by atoms with Gasteiger partial charge >= 0.3 is 0 Å². The summed E-state index contributed by atoms with van der Waals surface area (Å²) in [5, 5.41) is 9.40. The van der Waals surface area contributed by atoms with Crippen molar-refractivity contribution in [3.05, 3.63) is 108 Å². The van der Waals surface area contributed by atoms with E-state index in [1.54, 1.807) is 6.07 Å². The van der Waals surface area contributed by atoms with Gasteiger partial charge in [-0.3, -0.25) is 0 Å². The number of benzene rings is 8. The van der Waals surface area contributed by atoms with Gasteiger partial charge in [0.15, 0.2) is 23.3 Å². The molecule has 0 saturated heterocycles. The minimum atomic E-state index is -1.79. The van der Waals surface area contributed by atoms with E-state index in [1.165, 1.54) is 27.6 Å². The second kappa shape index (κ2) is 6.60. The molecule has 40 heavy (non-hydrogen) atoms. The van der Waals surface area contributed by atoms with Crippen molar-refractivity contribution < 1.29 is 17.6 Å². The molecule has 0 unspecified atom stereocenters. The monoisotopic (exact) mass is 522 g/mol. The first-order chi connectivity index (χ1) is 19.6. The largest absolute Gasteiger partial charge is 0.203 e. The Morgan fingerprint density at radius 1 is 0.275 bits per heavy atom. The van der Waals surface area contributed by atoms with Gasteiger partial charge in [-0.2, -0.15) is 0 Å². The average Bonchev–Trinajstić information content (AvgIpc) is 3.52. The molecule has 0 radical (unpaired) electrons. The average molecular weight is 523 g/mol. The lowest BCUT2D eigenvalue weighted by molar-refractivity contribution is 0.413. The van der Waals surface area contributed by atoms with Crippen LogP contribution in [0.4, 0.5) is 17.6 Å². The molecular weight excluding hydrogens is 508 g/mol. The summed E-state index contributed by atoms with van der Waals surface area (Å²) in [5.74, 6) is -6.29. The second-order valence-electron chi connectivity index (χ2n) is 10.8. The molecule has 0 bridgehead atoms. The summed E-state index contributed by atoms with van der Waals surface area (Å²) in [4.78, 5) is 0. The molecule has 0 fully saturated rings. The van der Waals surface area contributed by atoms with Crippen molar-refractivity contribution in [3.63, 3.8) is 0 Å². The normalized spacial score (nSPS) is 13.0. The third-order valence-electron chi connectivity index (χ3n) is 9.19. The van der Waals surface area contributed by atoms with Crippen molar-refractivity contribution in [1.82, 2.24) is 0 Å². The molecule has 8 aromatic rings. The molecule has 0 atom stereocenters. The summed E-state index contributed by atoms with van der Waals surface area (Å²) >= 11 is 0. The number of rotatable bonds is 0. The van der Waals surface area contributed by atoms with Gasteiger partial charge in [-0.15, -0.1) is 0 Å². The van der Waals surface area contributed by atoms with E-state index in [2.05, 4.69) is 48.5 Å². The number of hydrogen-bond acceptors (Lipinski definition) is 0. The van der Waals surface area contributed by atoms with E-state index in [-0.39, 0.29) is 11.1 Å². The van der Waals surface area contributed by atoms with Gasteiger partial charge in [-0.1, -0.05) is 84.9 Å². The first-order valence-electron chi connectivity index (χ1n) is 13.1. The molecule has 186 valence electrons. The van der Waals surface area contributed by atoms with E-state index < -0.39 is 23.3 Å². The summed E-state index contributed by atoms with van der Waals surface area (Å²) in [5.41, 5.74) is 5.17. The molecule has 2 aliphatic rings. The Morgan fingerprint density at radius 2 is 0.775 bits per heavy atom. The van der Waals surface area contributed by atoms with E-state index in [0.29, 0.717) is 21.9 Å². The summed E-state index contributed by atoms with van der Waals surface area (Å²) in [6.07, 6.45) is 0. The van der Waals surface area contributed by atoms with Crippen LogP contribution in [0.2, 0.25) is 0 Å². The Kier molecular flexibility index (Phi) is 3.45. The van der Waals surface area contributed by atoms with Crippen LogP contribution in [0.15, 0.2) is 84.9 Å². The molecule has 4 heteroatoms. The Balaban J connectivity index is 1.53. The van der Waals surface area contributed by atoms with Crippen molar-refractivity contribution in [2.45, 2.75) is 0 Å². The van der Waals surface area contributed by atoms with Gasteiger partial charge in [0.05, 0.1) is 0 Å². The summed E-state index contributed by atoms with van der Waals surface area (Å²) in [6, 6.07) is 28.3. The van der Waals surface area contributed by atoms with E-state index in [4.69, 9.17) is 0 Å². The molecule has 0 heterocycles. The maximum atomic E-state index is 15.5. The van der Waals surface area contributed by atoms with Crippen LogP contribution in [-0.4, -0.2) is 0 Å². The lowest BCUT2D eigenvalue weighted by atomic mass is 9.83. The summed E-state index contributed by atoms with van der Waals surface area (Å²) in [6.45, 7) is 0. The Morgan fingerprint density at radius 3 is 1.48 bits per heavy atom. The second-order valence-corrected chi connectivity index (χ2v) is 10.8.